The standard InChI is InChI=1S/C51H93NO18/c1-3-5-7-9-10-11-12-13-14-15-16-17-18-19-20-21-22-23-25-26-28-35(56)34(52-39(57)29-27-24-8-6-4-2)33-65-49-45(63)42(60)47(37(31-54)67-49)70-51-46(64)43(61)48(38(32-55)68-51)69-50-44(62)41(59)40(58)36(30-53)66-50/h21-22,26,28,34-38,40-51,53-56,58-64H,3-20,23-25,27,29-33H2,1-2H3,(H,52,57)/b22-21+,28-26+. The fraction of sp³-hybridized carbons (Fsp3) is 0.902. The van der Waals surface area contributed by atoms with Gasteiger partial charge in [-0.3, -0.25) is 4.79 Å². The van der Waals surface area contributed by atoms with Gasteiger partial charge in [-0.1, -0.05) is 147 Å². The zero-order chi connectivity index (χ0) is 51.3. The number of aliphatic hydroxyl groups excluding tert-OH is 11. The summed E-state index contributed by atoms with van der Waals surface area (Å²) < 4.78 is 34.0. The van der Waals surface area contributed by atoms with E-state index >= 15 is 0 Å². The SMILES string of the molecule is CCCCCCCCCCCCCCCC/C=C/CC/C=C/C(O)C(COC1OC(CO)C(OC2OC(CO)C(OC3OC(CO)C(O)C(O)C3O)C(O)C2O)C(O)C1O)NC(=O)CCCCCCC. The van der Waals surface area contributed by atoms with E-state index in [4.69, 9.17) is 28.4 Å². The molecule has 0 radical (unpaired) electrons. The summed E-state index contributed by atoms with van der Waals surface area (Å²) >= 11 is 0. The minimum Gasteiger partial charge on any atom is -0.394 e. The molecule has 0 spiro atoms. The second-order valence-electron chi connectivity index (χ2n) is 19.3. The molecule has 17 unspecified atom stereocenters. The van der Waals surface area contributed by atoms with Crippen molar-refractivity contribution in [2.75, 3.05) is 26.4 Å². The number of unbranched alkanes of at least 4 members (excludes halogenated alkanes) is 19. The van der Waals surface area contributed by atoms with Gasteiger partial charge in [0.25, 0.3) is 0 Å². The Balaban J connectivity index is 1.50. The molecule has 0 aromatic heterocycles. The highest BCUT2D eigenvalue weighted by Gasteiger charge is 2.53. The molecule has 1 amide bonds. The second kappa shape index (κ2) is 36.3. The van der Waals surface area contributed by atoms with Gasteiger partial charge in [0.15, 0.2) is 18.9 Å². The zero-order valence-electron chi connectivity index (χ0n) is 42.0. The number of aliphatic hydroxyl groups is 11. The van der Waals surface area contributed by atoms with Gasteiger partial charge in [-0.2, -0.15) is 0 Å². The fourth-order valence-corrected chi connectivity index (χ4v) is 9.03. The molecule has 3 rings (SSSR count). The van der Waals surface area contributed by atoms with Crippen LogP contribution in [0.4, 0.5) is 0 Å². The summed E-state index contributed by atoms with van der Waals surface area (Å²) in [5.74, 6) is -0.300. The lowest BCUT2D eigenvalue weighted by Crippen LogP contribution is -2.66. The molecule has 17 atom stereocenters. The molecule has 3 aliphatic rings. The van der Waals surface area contributed by atoms with Crippen LogP contribution < -0.4 is 5.32 Å². The number of rotatable bonds is 37. The van der Waals surface area contributed by atoms with Crippen molar-refractivity contribution in [2.45, 2.75) is 266 Å². The van der Waals surface area contributed by atoms with Crippen molar-refractivity contribution < 1.29 is 89.4 Å². The van der Waals surface area contributed by atoms with Crippen molar-refractivity contribution in [2.24, 2.45) is 0 Å². The van der Waals surface area contributed by atoms with Crippen LogP contribution in [0.1, 0.15) is 162 Å². The summed E-state index contributed by atoms with van der Waals surface area (Å²) in [6.45, 7) is 1.57. The van der Waals surface area contributed by atoms with E-state index < -0.39 is 124 Å². The van der Waals surface area contributed by atoms with Gasteiger partial charge in [0, 0.05) is 6.42 Å². The number of amides is 1. The summed E-state index contributed by atoms with van der Waals surface area (Å²) in [4.78, 5) is 13.0. The van der Waals surface area contributed by atoms with Crippen LogP contribution in [0.5, 0.6) is 0 Å². The summed E-state index contributed by atoms with van der Waals surface area (Å²) in [6.07, 6.45) is 6.79. The number of hydrogen-bond acceptors (Lipinski definition) is 18. The van der Waals surface area contributed by atoms with Crippen molar-refractivity contribution in [3.8, 4) is 0 Å². The van der Waals surface area contributed by atoms with Crippen LogP contribution in [0.15, 0.2) is 24.3 Å². The van der Waals surface area contributed by atoms with Crippen LogP contribution in [0.2, 0.25) is 0 Å². The number of ether oxygens (including phenoxy) is 6. The molecule has 19 nitrogen and oxygen atoms in total. The Hall–Kier alpha value is -1.73. The molecule has 3 aliphatic heterocycles. The summed E-state index contributed by atoms with van der Waals surface area (Å²) in [5, 5.41) is 119. The van der Waals surface area contributed by atoms with E-state index in [9.17, 15) is 61.0 Å². The van der Waals surface area contributed by atoms with Crippen LogP contribution in [0.25, 0.3) is 0 Å². The normalized spacial score (nSPS) is 32.7. The Morgan fingerprint density at radius 3 is 1.43 bits per heavy atom. The Labute approximate surface area is 416 Å². The van der Waals surface area contributed by atoms with E-state index in [0.29, 0.717) is 12.8 Å². The highest BCUT2D eigenvalue weighted by molar-refractivity contribution is 5.76. The topological polar surface area (TPSA) is 307 Å². The first-order chi connectivity index (χ1) is 33.8. The Bertz CT molecular complexity index is 1390. The molecule has 3 fully saturated rings. The summed E-state index contributed by atoms with van der Waals surface area (Å²) in [5.41, 5.74) is 0. The molecule has 0 bridgehead atoms. The monoisotopic (exact) mass is 1010 g/mol. The first-order valence-corrected chi connectivity index (χ1v) is 26.6. The Morgan fingerprint density at radius 2 is 0.914 bits per heavy atom. The quantitative estimate of drug-likeness (QED) is 0.0314. The van der Waals surface area contributed by atoms with Crippen LogP contribution in [-0.2, 0) is 33.2 Å². The Kier molecular flexibility index (Phi) is 32.4. The number of carbonyl (C=O) groups excluding carboxylic acids is 1. The predicted molar refractivity (Wildman–Crippen MR) is 259 cm³/mol. The molecular formula is C51H93NO18. The third-order valence-electron chi connectivity index (χ3n) is 13.5. The van der Waals surface area contributed by atoms with Crippen molar-refractivity contribution in [1.82, 2.24) is 5.32 Å². The van der Waals surface area contributed by atoms with Crippen LogP contribution in [0.3, 0.4) is 0 Å². The number of carbonyl (C=O) groups is 1. The van der Waals surface area contributed by atoms with E-state index in [0.717, 1.165) is 44.9 Å². The molecule has 19 heteroatoms. The van der Waals surface area contributed by atoms with E-state index in [1.807, 2.05) is 6.08 Å². The third-order valence-corrected chi connectivity index (χ3v) is 13.5. The van der Waals surface area contributed by atoms with Gasteiger partial charge in [0.2, 0.25) is 5.91 Å². The lowest BCUT2D eigenvalue weighted by atomic mass is 9.96. The zero-order valence-corrected chi connectivity index (χ0v) is 42.0. The Morgan fingerprint density at radius 1 is 0.500 bits per heavy atom. The minimum atomic E-state index is -1.98. The molecule has 12 N–H and O–H groups in total. The van der Waals surface area contributed by atoms with Gasteiger partial charge in [0.1, 0.15) is 73.2 Å². The number of hydrogen-bond donors (Lipinski definition) is 12. The van der Waals surface area contributed by atoms with Gasteiger partial charge >= 0.3 is 0 Å². The maximum Gasteiger partial charge on any atom is 0.220 e. The number of nitrogens with one attached hydrogen (secondary N) is 1. The van der Waals surface area contributed by atoms with Crippen molar-refractivity contribution in [1.29, 1.82) is 0 Å². The van der Waals surface area contributed by atoms with Gasteiger partial charge in [-0.05, 0) is 32.1 Å². The maximum atomic E-state index is 13.0. The van der Waals surface area contributed by atoms with Gasteiger partial charge in [-0.25, -0.2) is 0 Å². The van der Waals surface area contributed by atoms with E-state index in [2.05, 4.69) is 31.3 Å². The number of allylic oxidation sites excluding steroid dienone is 3. The van der Waals surface area contributed by atoms with Crippen molar-refractivity contribution in [3.05, 3.63) is 24.3 Å². The molecule has 3 heterocycles. The smallest absolute Gasteiger partial charge is 0.220 e. The van der Waals surface area contributed by atoms with Gasteiger partial charge in [-0.15, -0.1) is 0 Å². The molecular weight excluding hydrogens is 915 g/mol. The largest absolute Gasteiger partial charge is 0.394 e. The van der Waals surface area contributed by atoms with Gasteiger partial charge < -0.3 is 89.9 Å². The third kappa shape index (κ3) is 21.6. The van der Waals surface area contributed by atoms with Crippen LogP contribution in [0, 0.1) is 0 Å². The van der Waals surface area contributed by atoms with E-state index in [1.165, 1.54) is 83.5 Å². The van der Waals surface area contributed by atoms with Crippen molar-refractivity contribution in [3.63, 3.8) is 0 Å². The first-order valence-electron chi connectivity index (χ1n) is 26.6. The summed E-state index contributed by atoms with van der Waals surface area (Å²) in [6, 6.07) is -0.981. The van der Waals surface area contributed by atoms with Crippen LogP contribution >= 0.6 is 0 Å². The lowest BCUT2D eigenvalue weighted by Gasteiger charge is -2.48. The molecule has 3 saturated heterocycles. The molecule has 0 aromatic rings. The predicted octanol–water partition coefficient (Wildman–Crippen LogP) is 2.42. The lowest BCUT2D eigenvalue weighted by molar-refractivity contribution is -0.379. The molecule has 0 saturated carbocycles. The minimum absolute atomic E-state index is 0.231. The van der Waals surface area contributed by atoms with E-state index in [-0.39, 0.29) is 18.9 Å². The van der Waals surface area contributed by atoms with E-state index in [1.54, 1.807) is 6.08 Å². The van der Waals surface area contributed by atoms with Crippen LogP contribution in [-0.4, -0.2) is 193 Å². The first kappa shape index (κ1) is 62.6. The fourth-order valence-electron chi connectivity index (χ4n) is 9.03. The molecule has 70 heavy (non-hydrogen) atoms. The molecule has 0 aliphatic carbocycles. The average molecular weight is 1010 g/mol. The highest BCUT2D eigenvalue weighted by Crippen LogP contribution is 2.33. The molecule has 0 aromatic carbocycles. The average Bonchev–Trinajstić information content (AvgIpc) is 3.35. The maximum absolute atomic E-state index is 13.0. The second-order valence-corrected chi connectivity index (χ2v) is 19.3. The highest BCUT2D eigenvalue weighted by atomic mass is 16.8. The van der Waals surface area contributed by atoms with Crippen molar-refractivity contribution >= 4 is 5.91 Å². The van der Waals surface area contributed by atoms with Gasteiger partial charge in [0.05, 0.1) is 38.6 Å². The summed E-state index contributed by atoms with van der Waals surface area (Å²) in [7, 11) is 0. The molecule has 410 valence electrons.